The highest BCUT2D eigenvalue weighted by atomic mass is 14.9. The van der Waals surface area contributed by atoms with Gasteiger partial charge in [-0.1, -0.05) is 48.0 Å². The Labute approximate surface area is 90.7 Å². The van der Waals surface area contributed by atoms with Gasteiger partial charge in [0.15, 0.2) is 0 Å². The third-order valence-corrected chi connectivity index (χ3v) is 3.19. The predicted octanol–water partition coefficient (Wildman–Crippen LogP) is 3.98. The minimum absolute atomic E-state index is 0.520. The van der Waals surface area contributed by atoms with Crippen LogP contribution in [0.1, 0.15) is 67.2 Å². The van der Waals surface area contributed by atoms with Crippen LogP contribution in [0.2, 0.25) is 0 Å². The minimum atomic E-state index is 0.520. The van der Waals surface area contributed by atoms with Gasteiger partial charge >= 0.3 is 0 Å². The number of nitrogens with one attached hydrogen (secondary N) is 1. The van der Waals surface area contributed by atoms with Gasteiger partial charge in [0.1, 0.15) is 0 Å². The maximum atomic E-state index is 3.63. The Hall–Kier alpha value is -0.0400. The lowest BCUT2D eigenvalue weighted by Gasteiger charge is -2.27. The lowest BCUT2D eigenvalue weighted by atomic mass is 9.83. The number of hydrogen-bond donors (Lipinski definition) is 1. The molecule has 14 heavy (non-hydrogen) atoms. The van der Waals surface area contributed by atoms with E-state index in [0.29, 0.717) is 17.5 Å². The Bertz CT molecular complexity index is 138. The fourth-order valence-corrected chi connectivity index (χ4v) is 1.62. The molecule has 86 valence electrons. The molecule has 0 fully saturated rings. The first-order valence-electron chi connectivity index (χ1n) is 6.17. The summed E-state index contributed by atoms with van der Waals surface area (Å²) in [4.78, 5) is 0. The van der Waals surface area contributed by atoms with Crippen LogP contribution >= 0.6 is 0 Å². The minimum Gasteiger partial charge on any atom is -0.312 e. The first-order valence-corrected chi connectivity index (χ1v) is 6.17. The molecule has 1 atom stereocenters. The zero-order valence-corrected chi connectivity index (χ0v) is 11.0. The fourth-order valence-electron chi connectivity index (χ4n) is 1.62. The van der Waals surface area contributed by atoms with Crippen molar-refractivity contribution in [3.8, 4) is 0 Å². The smallest absolute Gasteiger partial charge is 0.00669 e. The zero-order valence-electron chi connectivity index (χ0n) is 11.0. The van der Waals surface area contributed by atoms with Crippen LogP contribution in [0.15, 0.2) is 0 Å². The normalized spacial score (nSPS) is 14.8. The van der Waals surface area contributed by atoms with Gasteiger partial charge in [0.25, 0.3) is 0 Å². The number of hydrogen-bond acceptors (Lipinski definition) is 1. The van der Waals surface area contributed by atoms with Crippen molar-refractivity contribution in [2.24, 2.45) is 5.41 Å². The van der Waals surface area contributed by atoms with Crippen molar-refractivity contribution in [2.45, 2.75) is 79.3 Å². The first-order chi connectivity index (χ1) is 6.41. The van der Waals surface area contributed by atoms with Crippen molar-refractivity contribution < 1.29 is 0 Å². The Balaban J connectivity index is 3.83. The van der Waals surface area contributed by atoms with Gasteiger partial charge in [0, 0.05) is 12.1 Å². The van der Waals surface area contributed by atoms with Crippen LogP contribution in [-0.2, 0) is 0 Å². The highest BCUT2D eigenvalue weighted by Crippen LogP contribution is 2.27. The van der Waals surface area contributed by atoms with E-state index in [4.69, 9.17) is 0 Å². The Morgan fingerprint density at radius 3 is 2.07 bits per heavy atom. The summed E-state index contributed by atoms with van der Waals surface area (Å²) < 4.78 is 0. The molecule has 1 heteroatoms. The molecule has 0 saturated heterocycles. The van der Waals surface area contributed by atoms with E-state index >= 15 is 0 Å². The summed E-state index contributed by atoms with van der Waals surface area (Å²) in [6.07, 6.45) is 5.18. The molecule has 1 N–H and O–H groups in total. The molecule has 0 bridgehead atoms. The summed E-state index contributed by atoms with van der Waals surface area (Å²) in [7, 11) is 0. The Kier molecular flexibility index (Phi) is 6.43. The molecule has 0 amide bonds. The lowest BCUT2D eigenvalue weighted by Crippen LogP contribution is -2.35. The van der Waals surface area contributed by atoms with Crippen molar-refractivity contribution in [3.63, 3.8) is 0 Å². The molecule has 0 aliphatic rings. The van der Waals surface area contributed by atoms with Crippen LogP contribution in [0.4, 0.5) is 0 Å². The highest BCUT2D eigenvalue weighted by Gasteiger charge is 2.17. The maximum absolute atomic E-state index is 3.63. The molecule has 0 saturated carbocycles. The summed E-state index contributed by atoms with van der Waals surface area (Å²) in [6.45, 7) is 13.8. The van der Waals surface area contributed by atoms with Gasteiger partial charge in [-0.3, -0.25) is 0 Å². The summed E-state index contributed by atoms with van der Waals surface area (Å²) in [5, 5.41) is 3.63. The van der Waals surface area contributed by atoms with E-state index in [-0.39, 0.29) is 0 Å². The lowest BCUT2D eigenvalue weighted by molar-refractivity contribution is 0.282. The average Bonchev–Trinajstić information content (AvgIpc) is 2.12. The predicted molar refractivity (Wildman–Crippen MR) is 65.7 cm³/mol. The van der Waals surface area contributed by atoms with E-state index in [1.165, 1.54) is 25.7 Å². The van der Waals surface area contributed by atoms with Gasteiger partial charge in [0.05, 0.1) is 0 Å². The van der Waals surface area contributed by atoms with E-state index in [1.54, 1.807) is 0 Å². The van der Waals surface area contributed by atoms with Crippen molar-refractivity contribution in [3.05, 3.63) is 0 Å². The molecular formula is C13H29N. The number of rotatable bonds is 7. The molecular weight excluding hydrogens is 170 g/mol. The van der Waals surface area contributed by atoms with Crippen molar-refractivity contribution >= 4 is 0 Å². The molecule has 1 nitrogen and oxygen atoms in total. The van der Waals surface area contributed by atoms with Gasteiger partial charge in [0.2, 0.25) is 0 Å². The average molecular weight is 199 g/mol. The second-order valence-corrected chi connectivity index (χ2v) is 5.48. The van der Waals surface area contributed by atoms with Crippen LogP contribution in [0, 0.1) is 5.41 Å². The fraction of sp³-hybridized carbons (Fsp3) is 1.00. The molecule has 0 spiro atoms. The van der Waals surface area contributed by atoms with Crippen molar-refractivity contribution in [1.29, 1.82) is 0 Å². The summed E-state index contributed by atoms with van der Waals surface area (Å²) in [5.41, 5.74) is 0.520. The van der Waals surface area contributed by atoms with E-state index < -0.39 is 0 Å². The van der Waals surface area contributed by atoms with Crippen LogP contribution in [-0.4, -0.2) is 12.1 Å². The van der Waals surface area contributed by atoms with Crippen LogP contribution in [0.5, 0.6) is 0 Å². The van der Waals surface area contributed by atoms with Gasteiger partial charge in [-0.15, -0.1) is 0 Å². The Morgan fingerprint density at radius 2 is 1.71 bits per heavy atom. The van der Waals surface area contributed by atoms with E-state index in [1.807, 2.05) is 0 Å². The molecule has 0 aromatic heterocycles. The molecule has 0 rings (SSSR count). The van der Waals surface area contributed by atoms with Crippen molar-refractivity contribution in [1.82, 2.24) is 5.32 Å². The molecule has 0 aromatic carbocycles. The van der Waals surface area contributed by atoms with Crippen molar-refractivity contribution in [2.75, 3.05) is 0 Å². The molecule has 0 radical (unpaired) electrons. The van der Waals surface area contributed by atoms with Gasteiger partial charge in [-0.2, -0.15) is 0 Å². The third kappa shape index (κ3) is 6.42. The first kappa shape index (κ1) is 14.0. The monoisotopic (exact) mass is 199 g/mol. The van der Waals surface area contributed by atoms with Gasteiger partial charge in [-0.25, -0.2) is 0 Å². The van der Waals surface area contributed by atoms with E-state index in [9.17, 15) is 0 Å². The third-order valence-electron chi connectivity index (χ3n) is 3.19. The van der Waals surface area contributed by atoms with Crippen LogP contribution < -0.4 is 5.32 Å². The van der Waals surface area contributed by atoms with Crippen LogP contribution in [0.3, 0.4) is 0 Å². The van der Waals surface area contributed by atoms with Crippen LogP contribution in [0.25, 0.3) is 0 Å². The quantitative estimate of drug-likeness (QED) is 0.654. The molecule has 0 aliphatic heterocycles. The largest absolute Gasteiger partial charge is 0.312 e. The maximum Gasteiger partial charge on any atom is 0.00669 e. The summed E-state index contributed by atoms with van der Waals surface area (Å²) in [6, 6.07) is 1.32. The van der Waals surface area contributed by atoms with E-state index in [0.717, 1.165) is 0 Å². The van der Waals surface area contributed by atoms with Gasteiger partial charge < -0.3 is 5.32 Å². The van der Waals surface area contributed by atoms with E-state index in [2.05, 4.69) is 46.9 Å². The molecule has 0 aliphatic carbocycles. The Morgan fingerprint density at radius 1 is 1.14 bits per heavy atom. The second kappa shape index (κ2) is 6.44. The van der Waals surface area contributed by atoms with Gasteiger partial charge in [-0.05, 0) is 24.7 Å². The highest BCUT2D eigenvalue weighted by molar-refractivity contribution is 4.73. The SMILES string of the molecule is CCC(CCC(C)(C)CC)NC(C)C. The standard InChI is InChI=1S/C13H29N/c1-7-12(14-11(3)4)9-10-13(5,6)8-2/h11-12,14H,7-10H2,1-6H3. The zero-order chi connectivity index (χ0) is 11.2. The molecule has 0 aromatic rings. The second-order valence-electron chi connectivity index (χ2n) is 5.48. The summed E-state index contributed by atoms with van der Waals surface area (Å²) >= 11 is 0. The topological polar surface area (TPSA) is 12.0 Å². The molecule has 1 unspecified atom stereocenters. The molecule has 0 heterocycles. The summed E-state index contributed by atoms with van der Waals surface area (Å²) in [5.74, 6) is 0.